The molecule has 4 nitrogen and oxygen atoms in total. The zero-order chi connectivity index (χ0) is 22.3. The van der Waals surface area contributed by atoms with Gasteiger partial charge in [0.1, 0.15) is 24.7 Å². The number of hydrogen-bond acceptors (Lipinski definition) is 6. The largest absolute Gasteiger partial charge is 0.490 e. The lowest BCUT2D eigenvalue weighted by Gasteiger charge is -2.15. The monoisotopic (exact) mass is 479 g/mol. The van der Waals surface area contributed by atoms with Crippen LogP contribution in [0.1, 0.15) is 5.56 Å². The zero-order valence-electron chi connectivity index (χ0n) is 17.4. The summed E-state index contributed by atoms with van der Waals surface area (Å²) in [5.41, 5.74) is 1.71. The van der Waals surface area contributed by atoms with Crippen molar-refractivity contribution in [2.75, 3.05) is 24.4 Å². The van der Waals surface area contributed by atoms with Crippen LogP contribution in [0, 0.1) is 0 Å². The van der Waals surface area contributed by atoms with Crippen molar-refractivity contribution in [2.45, 2.75) is 4.90 Å². The van der Waals surface area contributed by atoms with E-state index in [9.17, 15) is 4.79 Å². The molecule has 0 spiro atoms. The summed E-state index contributed by atoms with van der Waals surface area (Å²) in [6, 6.07) is 25.1. The molecule has 7 heteroatoms. The van der Waals surface area contributed by atoms with E-state index >= 15 is 0 Å². The molecule has 1 fully saturated rings. The molecule has 0 saturated carbocycles. The smallest absolute Gasteiger partial charge is 0.270 e. The van der Waals surface area contributed by atoms with E-state index in [1.807, 2.05) is 91.2 Å². The summed E-state index contributed by atoms with van der Waals surface area (Å²) in [5.74, 6) is 1.47. The predicted octanol–water partition coefficient (Wildman–Crippen LogP) is 6.27. The average molecular weight is 480 g/mol. The van der Waals surface area contributed by atoms with Crippen LogP contribution in [-0.4, -0.2) is 29.7 Å². The number of amides is 1. The molecule has 3 aromatic rings. The van der Waals surface area contributed by atoms with E-state index in [1.165, 1.54) is 11.8 Å². The number of rotatable bonds is 8. The molecule has 0 unspecified atom stereocenters. The van der Waals surface area contributed by atoms with Gasteiger partial charge in [0.2, 0.25) is 0 Å². The molecule has 0 N–H and O–H groups in total. The first-order chi connectivity index (χ1) is 15.6. The Kier molecular flexibility index (Phi) is 7.52. The summed E-state index contributed by atoms with van der Waals surface area (Å²) in [6.45, 7) is 0.911. The van der Waals surface area contributed by atoms with E-state index in [-0.39, 0.29) is 5.91 Å². The number of thioether (sulfide) groups is 2. The Hall–Kier alpha value is -2.74. The Morgan fingerprint density at radius 2 is 1.62 bits per heavy atom. The Labute approximate surface area is 201 Å². The van der Waals surface area contributed by atoms with Crippen molar-refractivity contribution < 1.29 is 14.3 Å². The van der Waals surface area contributed by atoms with Gasteiger partial charge in [-0.1, -0.05) is 60.4 Å². The first kappa shape index (κ1) is 22.5. The van der Waals surface area contributed by atoms with Gasteiger partial charge in [-0.15, -0.1) is 11.8 Å². The van der Waals surface area contributed by atoms with E-state index in [2.05, 4.69) is 0 Å². The number of carbonyl (C=O) groups excluding carboxylic acids is 1. The molecule has 0 radical (unpaired) electrons. The van der Waals surface area contributed by atoms with Crippen LogP contribution >= 0.6 is 35.7 Å². The molecule has 162 valence electrons. The third kappa shape index (κ3) is 5.54. The van der Waals surface area contributed by atoms with Gasteiger partial charge in [0.25, 0.3) is 5.91 Å². The van der Waals surface area contributed by atoms with Gasteiger partial charge in [-0.25, -0.2) is 0 Å². The van der Waals surface area contributed by atoms with Gasteiger partial charge in [-0.05, 0) is 60.4 Å². The second-order valence-corrected chi connectivity index (χ2v) is 9.35. The fraction of sp³-hybridized carbons (Fsp3) is 0.120. The lowest BCUT2D eigenvalue weighted by atomic mass is 10.2. The highest BCUT2D eigenvalue weighted by molar-refractivity contribution is 8.27. The molecule has 0 aliphatic carbocycles. The second kappa shape index (κ2) is 10.7. The van der Waals surface area contributed by atoms with E-state index in [0.29, 0.717) is 22.4 Å². The molecule has 3 aromatic carbocycles. The summed E-state index contributed by atoms with van der Waals surface area (Å²) in [4.78, 5) is 16.3. The molecular weight excluding hydrogens is 458 g/mol. The van der Waals surface area contributed by atoms with Crippen LogP contribution in [-0.2, 0) is 4.79 Å². The van der Waals surface area contributed by atoms with E-state index < -0.39 is 0 Å². The number of anilines is 1. The van der Waals surface area contributed by atoms with Gasteiger partial charge >= 0.3 is 0 Å². The Morgan fingerprint density at radius 3 is 2.31 bits per heavy atom. The Balaban J connectivity index is 1.36. The molecule has 1 amide bonds. The number of ether oxygens (including phenoxy) is 2. The standard InChI is InChI=1S/C25H21NO3S3/c1-31-22-9-5-6-19(17-22)26-24(27)23(32-25(26)30)16-18-10-12-21(13-11-18)29-15-14-28-20-7-3-2-4-8-20/h2-13,16-17H,14-15H2,1H3/b23-16+. The number of nitrogens with zero attached hydrogens (tertiary/aromatic N) is 1. The maximum absolute atomic E-state index is 13.0. The van der Waals surface area contributed by atoms with Crippen molar-refractivity contribution in [3.8, 4) is 11.5 Å². The summed E-state index contributed by atoms with van der Waals surface area (Å²) < 4.78 is 11.9. The van der Waals surface area contributed by atoms with Crippen LogP contribution in [0.5, 0.6) is 11.5 Å². The molecule has 32 heavy (non-hydrogen) atoms. The van der Waals surface area contributed by atoms with Gasteiger partial charge in [0, 0.05) is 4.90 Å². The summed E-state index contributed by atoms with van der Waals surface area (Å²) in [6.07, 6.45) is 3.87. The van der Waals surface area contributed by atoms with Crippen LogP contribution in [0.4, 0.5) is 5.69 Å². The van der Waals surface area contributed by atoms with Crippen molar-refractivity contribution in [1.29, 1.82) is 0 Å². The van der Waals surface area contributed by atoms with Crippen LogP contribution < -0.4 is 14.4 Å². The van der Waals surface area contributed by atoms with Crippen molar-refractivity contribution in [1.82, 2.24) is 0 Å². The highest BCUT2D eigenvalue weighted by atomic mass is 32.2. The molecule has 0 aromatic heterocycles. The van der Waals surface area contributed by atoms with Crippen LogP contribution in [0.25, 0.3) is 6.08 Å². The van der Waals surface area contributed by atoms with Crippen LogP contribution in [0.2, 0.25) is 0 Å². The molecule has 4 rings (SSSR count). The molecule has 1 aliphatic heterocycles. The van der Waals surface area contributed by atoms with E-state index in [4.69, 9.17) is 21.7 Å². The highest BCUT2D eigenvalue weighted by Gasteiger charge is 2.33. The zero-order valence-corrected chi connectivity index (χ0v) is 19.8. The van der Waals surface area contributed by atoms with Gasteiger partial charge in [-0.3, -0.25) is 9.69 Å². The van der Waals surface area contributed by atoms with E-state index in [0.717, 1.165) is 27.6 Å². The topological polar surface area (TPSA) is 38.8 Å². The van der Waals surface area contributed by atoms with Crippen molar-refractivity contribution >= 4 is 57.7 Å². The lowest BCUT2D eigenvalue weighted by Crippen LogP contribution is -2.27. The maximum atomic E-state index is 13.0. The number of benzene rings is 3. The number of hydrogen-bond donors (Lipinski definition) is 0. The second-order valence-electron chi connectivity index (χ2n) is 6.80. The fourth-order valence-electron chi connectivity index (χ4n) is 3.09. The van der Waals surface area contributed by atoms with Gasteiger partial charge < -0.3 is 9.47 Å². The normalized spacial score (nSPS) is 14.8. The number of para-hydroxylation sites is 1. The summed E-state index contributed by atoms with van der Waals surface area (Å²) >= 11 is 8.43. The molecule has 1 heterocycles. The van der Waals surface area contributed by atoms with Gasteiger partial charge in [0.15, 0.2) is 4.32 Å². The first-order valence-corrected chi connectivity index (χ1v) is 12.4. The maximum Gasteiger partial charge on any atom is 0.270 e. The van der Waals surface area contributed by atoms with E-state index in [1.54, 1.807) is 16.7 Å². The Bertz CT molecular complexity index is 1130. The first-order valence-electron chi connectivity index (χ1n) is 9.97. The number of thiocarbonyl (C=S) groups is 1. The van der Waals surface area contributed by atoms with Crippen molar-refractivity contribution in [3.05, 3.63) is 89.3 Å². The molecular formula is C25H21NO3S3. The van der Waals surface area contributed by atoms with Crippen molar-refractivity contribution in [2.24, 2.45) is 0 Å². The fourth-order valence-corrected chi connectivity index (χ4v) is 4.84. The van der Waals surface area contributed by atoms with Gasteiger partial charge in [0.05, 0.1) is 10.6 Å². The minimum absolute atomic E-state index is 0.100. The number of carbonyl (C=O) groups is 1. The Morgan fingerprint density at radius 1 is 0.938 bits per heavy atom. The predicted molar refractivity (Wildman–Crippen MR) is 138 cm³/mol. The summed E-state index contributed by atoms with van der Waals surface area (Å²) in [5, 5.41) is 0. The van der Waals surface area contributed by atoms with Crippen molar-refractivity contribution in [3.63, 3.8) is 0 Å². The van der Waals surface area contributed by atoms with Crippen LogP contribution in [0.15, 0.2) is 88.7 Å². The van der Waals surface area contributed by atoms with Crippen LogP contribution in [0.3, 0.4) is 0 Å². The average Bonchev–Trinajstić information content (AvgIpc) is 3.11. The molecule has 1 aliphatic rings. The lowest BCUT2D eigenvalue weighted by molar-refractivity contribution is -0.113. The van der Waals surface area contributed by atoms with Gasteiger partial charge in [-0.2, -0.15) is 0 Å². The summed E-state index contributed by atoms with van der Waals surface area (Å²) in [7, 11) is 0. The minimum Gasteiger partial charge on any atom is -0.490 e. The third-order valence-electron chi connectivity index (χ3n) is 4.65. The molecule has 1 saturated heterocycles. The minimum atomic E-state index is -0.100. The SMILES string of the molecule is CSc1cccc(N2C(=O)/C(=C\c3ccc(OCCOc4ccccc4)cc3)SC2=S)c1. The quantitative estimate of drug-likeness (QED) is 0.164. The third-order valence-corrected chi connectivity index (χ3v) is 6.67. The highest BCUT2D eigenvalue weighted by Crippen LogP contribution is 2.37. The molecule has 0 bridgehead atoms. The molecule has 0 atom stereocenters.